The first kappa shape index (κ1) is 36.5. The Morgan fingerprint density at radius 1 is 1.20 bits per heavy atom. The summed E-state index contributed by atoms with van der Waals surface area (Å²) in [5, 5.41) is 16.2. The molecule has 0 amide bonds. The standard InChI is InChI=1S/C28H41FN7O9P/c1-8-28(29)21(37)19(45-26(28)36-14-31-20-22(36)32-27(30)33-23(20)38)13-44-46(41,34-17(11-15(4)5)24(39)42-9-2)35-18(12-16(6)7)25(40)43-10-3/h1,14-18,26,37H,9-13H2,2-7H3,(H2,34,35,41)(H3,30,32,33,38)/t17?,18?,26-,28?,46?/m1/s1. The second-order valence-electron chi connectivity index (χ2n) is 11.3. The number of nitrogen functional groups attached to an aromatic ring is 1. The number of nitrogens with zero attached hydrogens (tertiary/aromatic N) is 3. The minimum Gasteiger partial charge on any atom is -0.505 e. The molecule has 4 atom stereocenters. The molecule has 0 saturated carbocycles. The van der Waals surface area contributed by atoms with E-state index in [-0.39, 0.29) is 55.0 Å². The Labute approximate surface area is 265 Å². The number of anilines is 1. The molecule has 6 N–H and O–H groups in total. The number of terminal acetylenes is 1. The van der Waals surface area contributed by atoms with Gasteiger partial charge in [0.1, 0.15) is 25.0 Å². The van der Waals surface area contributed by atoms with E-state index >= 15 is 4.39 Å². The van der Waals surface area contributed by atoms with Gasteiger partial charge in [-0.3, -0.25) is 33.0 Å². The molecule has 1 aliphatic heterocycles. The lowest BCUT2D eigenvalue weighted by Crippen LogP contribution is -2.45. The highest BCUT2D eigenvalue weighted by molar-refractivity contribution is 7.54. The van der Waals surface area contributed by atoms with Crippen molar-refractivity contribution in [2.45, 2.75) is 78.4 Å². The first-order valence-corrected chi connectivity index (χ1v) is 16.3. The molecule has 1 aliphatic rings. The summed E-state index contributed by atoms with van der Waals surface area (Å²) in [7, 11) is -4.45. The van der Waals surface area contributed by atoms with E-state index < -0.39 is 67.3 Å². The number of carbonyl (C=O) groups excluding carboxylic acids is 2. The van der Waals surface area contributed by atoms with Crippen LogP contribution in [0.3, 0.4) is 0 Å². The second-order valence-corrected chi connectivity index (χ2v) is 13.2. The highest BCUT2D eigenvalue weighted by Crippen LogP contribution is 2.47. The van der Waals surface area contributed by atoms with E-state index in [9.17, 15) is 24.1 Å². The summed E-state index contributed by atoms with van der Waals surface area (Å²) in [6.07, 6.45) is 5.01. The molecule has 2 aromatic rings. The van der Waals surface area contributed by atoms with E-state index in [1.54, 1.807) is 13.8 Å². The number of imidazole rings is 1. The van der Waals surface area contributed by atoms with E-state index in [0.29, 0.717) is 0 Å². The Bertz CT molecular complexity index is 1560. The Hall–Kier alpha value is -3.97. The number of aliphatic hydroxyl groups is 1. The molecule has 18 heteroatoms. The smallest absolute Gasteiger partial charge is 0.342 e. The molecule has 0 spiro atoms. The van der Waals surface area contributed by atoms with Crippen LogP contribution >= 0.6 is 7.67 Å². The number of rotatable bonds is 16. The molecule has 16 nitrogen and oxygen atoms in total. The van der Waals surface area contributed by atoms with Crippen molar-refractivity contribution in [3.63, 3.8) is 0 Å². The maximum atomic E-state index is 16.2. The van der Waals surface area contributed by atoms with Gasteiger partial charge in [0, 0.05) is 0 Å². The Morgan fingerprint density at radius 3 is 2.22 bits per heavy atom. The van der Waals surface area contributed by atoms with Gasteiger partial charge in [-0.2, -0.15) is 4.98 Å². The fourth-order valence-corrected chi connectivity index (χ4v) is 6.47. The zero-order valence-electron chi connectivity index (χ0n) is 26.5. The molecule has 0 aromatic carbocycles. The van der Waals surface area contributed by atoms with E-state index in [2.05, 4.69) is 25.1 Å². The van der Waals surface area contributed by atoms with Gasteiger partial charge in [-0.05, 0) is 38.5 Å². The second kappa shape index (κ2) is 15.1. The number of halogens is 1. The predicted molar refractivity (Wildman–Crippen MR) is 165 cm³/mol. The average Bonchev–Trinajstić information content (AvgIpc) is 3.49. The van der Waals surface area contributed by atoms with Gasteiger partial charge in [0.2, 0.25) is 12.2 Å². The molecule has 0 saturated heterocycles. The van der Waals surface area contributed by atoms with Crippen molar-refractivity contribution in [2.24, 2.45) is 11.8 Å². The quantitative estimate of drug-likeness (QED) is 0.0985. The molecule has 3 heterocycles. The summed E-state index contributed by atoms with van der Waals surface area (Å²) >= 11 is 0. The molecule has 2 aromatic heterocycles. The van der Waals surface area contributed by atoms with Crippen LogP contribution in [0.4, 0.5) is 10.3 Å². The maximum absolute atomic E-state index is 16.2. The fraction of sp³-hybridized carbons (Fsp3) is 0.607. The summed E-state index contributed by atoms with van der Waals surface area (Å²) in [6.45, 7) is 9.78. The lowest BCUT2D eigenvalue weighted by Gasteiger charge is -2.29. The summed E-state index contributed by atoms with van der Waals surface area (Å²) in [6, 6.07) is -2.31. The molecule has 3 unspecified atom stereocenters. The van der Waals surface area contributed by atoms with Crippen LogP contribution in [-0.4, -0.2) is 74.1 Å². The van der Waals surface area contributed by atoms with Gasteiger partial charge in [0.25, 0.3) is 11.2 Å². The molecule has 0 bridgehead atoms. The number of carbonyl (C=O) groups is 2. The van der Waals surface area contributed by atoms with Crippen molar-refractivity contribution in [3.05, 3.63) is 28.2 Å². The number of esters is 2. The molecular weight excluding hydrogens is 628 g/mol. The zero-order chi connectivity index (χ0) is 34.4. The molecule has 46 heavy (non-hydrogen) atoms. The van der Waals surface area contributed by atoms with Gasteiger partial charge in [-0.1, -0.05) is 33.6 Å². The van der Waals surface area contributed by atoms with E-state index in [0.717, 1.165) is 10.9 Å². The van der Waals surface area contributed by atoms with Crippen LogP contribution in [0.2, 0.25) is 0 Å². The number of hydrogen-bond acceptors (Lipinski definition) is 12. The van der Waals surface area contributed by atoms with Gasteiger partial charge in [-0.15, -0.1) is 6.42 Å². The van der Waals surface area contributed by atoms with Crippen LogP contribution < -0.4 is 21.5 Å². The number of fused-ring (bicyclic) bond motifs is 1. The number of hydrogen-bond donors (Lipinski definition) is 5. The van der Waals surface area contributed by atoms with Crippen molar-refractivity contribution in [2.75, 3.05) is 25.6 Å². The highest BCUT2D eigenvalue weighted by atomic mass is 31.2. The SMILES string of the molecule is C#CC1(F)C(O)=C(COP(=O)(NC(CC(C)C)C(=O)OCC)NC(CC(C)C)C(=O)OCC)O[C@H]1n1cnc2c(=O)[nH]c(N)nc21. The molecule has 0 radical (unpaired) electrons. The van der Waals surface area contributed by atoms with Crippen LogP contribution in [0.1, 0.15) is 60.6 Å². The molecular formula is C28H41FN7O9P. The van der Waals surface area contributed by atoms with Crippen molar-refractivity contribution in [1.82, 2.24) is 29.7 Å². The number of nitrogens with two attached hydrogens (primary N) is 1. The lowest BCUT2D eigenvalue weighted by atomic mass is 10.0. The fourth-order valence-electron chi connectivity index (χ4n) is 4.70. The zero-order valence-corrected chi connectivity index (χ0v) is 27.4. The van der Waals surface area contributed by atoms with E-state index in [1.807, 2.05) is 33.6 Å². The summed E-state index contributed by atoms with van der Waals surface area (Å²) in [5.74, 6) is -1.68. The molecule has 0 fully saturated rings. The number of aromatic amines is 1. The van der Waals surface area contributed by atoms with E-state index in [4.69, 9.17) is 30.9 Å². The van der Waals surface area contributed by atoms with Gasteiger partial charge < -0.3 is 25.1 Å². The van der Waals surface area contributed by atoms with Gasteiger partial charge in [0.15, 0.2) is 22.7 Å². The van der Waals surface area contributed by atoms with Crippen LogP contribution in [0.5, 0.6) is 0 Å². The van der Waals surface area contributed by atoms with E-state index in [1.165, 1.54) is 0 Å². The Balaban J connectivity index is 2.00. The van der Waals surface area contributed by atoms with Gasteiger partial charge >= 0.3 is 19.6 Å². The lowest BCUT2D eigenvalue weighted by molar-refractivity contribution is -0.146. The van der Waals surface area contributed by atoms with Crippen molar-refractivity contribution < 1.29 is 42.4 Å². The number of aliphatic hydroxyl groups excluding tert-OH is 1. The highest BCUT2D eigenvalue weighted by Gasteiger charge is 2.54. The van der Waals surface area contributed by atoms with Crippen molar-refractivity contribution in [1.29, 1.82) is 0 Å². The first-order valence-electron chi connectivity index (χ1n) is 14.7. The van der Waals surface area contributed by atoms with Gasteiger partial charge in [-0.25, -0.2) is 19.5 Å². The Morgan fingerprint density at radius 2 is 1.74 bits per heavy atom. The normalized spacial score (nSPS) is 20.7. The predicted octanol–water partition coefficient (Wildman–Crippen LogP) is 2.60. The Kier molecular flexibility index (Phi) is 12.0. The van der Waals surface area contributed by atoms with Crippen molar-refractivity contribution in [3.8, 4) is 12.3 Å². The number of aromatic nitrogens is 4. The largest absolute Gasteiger partial charge is 0.505 e. The van der Waals surface area contributed by atoms with Crippen LogP contribution in [0.15, 0.2) is 22.6 Å². The molecule has 3 rings (SSSR count). The summed E-state index contributed by atoms with van der Waals surface area (Å²) in [4.78, 5) is 48.1. The number of nitrogens with one attached hydrogen (secondary N) is 3. The van der Waals surface area contributed by atoms with Crippen molar-refractivity contribution >= 4 is 36.7 Å². The number of ether oxygens (including phenoxy) is 3. The third-order valence-corrected chi connectivity index (χ3v) is 8.50. The third kappa shape index (κ3) is 8.24. The minimum atomic E-state index is -4.45. The maximum Gasteiger partial charge on any atom is 0.342 e. The average molecular weight is 670 g/mol. The molecule has 0 aliphatic carbocycles. The number of alkyl halides is 1. The summed E-state index contributed by atoms with van der Waals surface area (Å²) < 4.78 is 53.3. The van der Waals surface area contributed by atoms with Crippen LogP contribution in [0, 0.1) is 24.2 Å². The van der Waals surface area contributed by atoms with Gasteiger partial charge in [0.05, 0.1) is 13.2 Å². The molecule has 254 valence electrons. The monoisotopic (exact) mass is 669 g/mol. The van der Waals surface area contributed by atoms with Crippen LogP contribution in [-0.2, 0) is 32.9 Å². The summed E-state index contributed by atoms with van der Waals surface area (Å²) in [5.41, 5.74) is 1.52. The topological polar surface area (TPSA) is 222 Å². The number of H-pyrrole nitrogens is 1. The van der Waals surface area contributed by atoms with Crippen LogP contribution in [0.25, 0.3) is 11.2 Å². The third-order valence-electron chi connectivity index (χ3n) is 6.70. The first-order chi connectivity index (χ1) is 21.6. The minimum absolute atomic E-state index is 0.0441.